The van der Waals surface area contributed by atoms with Gasteiger partial charge in [-0.15, -0.1) is 0 Å². The summed E-state index contributed by atoms with van der Waals surface area (Å²) >= 11 is 0. The highest BCUT2D eigenvalue weighted by Gasteiger charge is 2.66. The zero-order valence-electron chi connectivity index (χ0n) is 12.1. The van der Waals surface area contributed by atoms with E-state index in [4.69, 9.17) is 9.84 Å². The molecule has 1 aliphatic carbocycles. The lowest BCUT2D eigenvalue weighted by molar-refractivity contribution is -0.149. The van der Waals surface area contributed by atoms with Gasteiger partial charge < -0.3 is 14.7 Å². The molecule has 0 radical (unpaired) electrons. The predicted molar refractivity (Wildman–Crippen MR) is 69.7 cm³/mol. The smallest absolute Gasteiger partial charge is 0.308 e. The quantitative estimate of drug-likeness (QED) is 0.773. The molecule has 1 saturated heterocycles. The van der Waals surface area contributed by atoms with Gasteiger partial charge >= 0.3 is 11.9 Å². The monoisotopic (exact) mass is 283 g/mol. The van der Waals surface area contributed by atoms with Crippen LogP contribution in [0.3, 0.4) is 0 Å². The second-order valence-electron chi connectivity index (χ2n) is 6.24. The van der Waals surface area contributed by atoms with E-state index >= 15 is 0 Å². The largest absolute Gasteiger partial charge is 0.481 e. The van der Waals surface area contributed by atoms with Gasteiger partial charge in [0.1, 0.15) is 0 Å². The minimum Gasteiger partial charge on any atom is -0.481 e. The Morgan fingerprint density at radius 1 is 1.15 bits per heavy atom. The summed E-state index contributed by atoms with van der Waals surface area (Å²) < 4.78 is 4.71. The fraction of sp³-hybridized carbons (Fsp3) is 0.786. The van der Waals surface area contributed by atoms with E-state index in [1.807, 2.05) is 13.8 Å². The van der Waals surface area contributed by atoms with Crippen LogP contribution < -0.4 is 0 Å². The Morgan fingerprint density at radius 3 is 2.10 bits per heavy atom. The Hall–Kier alpha value is -1.59. The number of carboxylic acids is 1. The molecule has 1 amide bonds. The average Bonchev–Trinajstić information content (AvgIpc) is 3.00. The van der Waals surface area contributed by atoms with Gasteiger partial charge in [0.25, 0.3) is 0 Å². The third-order valence-corrected chi connectivity index (χ3v) is 4.70. The lowest BCUT2D eigenvalue weighted by Crippen LogP contribution is -2.42. The second-order valence-corrected chi connectivity index (χ2v) is 6.24. The van der Waals surface area contributed by atoms with Crippen LogP contribution in [0.2, 0.25) is 0 Å². The molecule has 112 valence electrons. The number of hydrogen-bond acceptors (Lipinski definition) is 4. The maximum atomic E-state index is 12.4. The first-order chi connectivity index (χ1) is 9.30. The molecular formula is C14H21NO5. The summed E-state index contributed by atoms with van der Waals surface area (Å²) in [4.78, 5) is 36.6. The van der Waals surface area contributed by atoms with E-state index in [0.29, 0.717) is 25.9 Å². The molecule has 6 heteroatoms. The van der Waals surface area contributed by atoms with Gasteiger partial charge in [-0.1, -0.05) is 13.8 Å². The topological polar surface area (TPSA) is 83.9 Å². The maximum Gasteiger partial charge on any atom is 0.308 e. The highest BCUT2D eigenvalue weighted by atomic mass is 16.5. The molecule has 0 aromatic carbocycles. The van der Waals surface area contributed by atoms with Crippen LogP contribution in [-0.2, 0) is 19.1 Å². The van der Waals surface area contributed by atoms with Crippen molar-refractivity contribution in [3.63, 3.8) is 0 Å². The fourth-order valence-electron chi connectivity index (χ4n) is 3.26. The van der Waals surface area contributed by atoms with Crippen molar-refractivity contribution in [3.8, 4) is 0 Å². The van der Waals surface area contributed by atoms with E-state index in [9.17, 15) is 14.4 Å². The molecule has 6 nitrogen and oxygen atoms in total. The molecule has 1 N–H and O–H groups in total. The highest BCUT2D eigenvalue weighted by molar-refractivity contribution is 5.91. The zero-order chi connectivity index (χ0) is 15.1. The number of rotatable bonds is 3. The molecule has 1 saturated carbocycles. The first kappa shape index (κ1) is 14.8. The molecule has 2 atom stereocenters. The predicted octanol–water partition coefficient (Wildman–Crippen LogP) is 0.755. The Balaban J connectivity index is 1.93. The van der Waals surface area contributed by atoms with Gasteiger partial charge in [0, 0.05) is 13.1 Å². The van der Waals surface area contributed by atoms with Gasteiger partial charge in [0.2, 0.25) is 5.91 Å². The summed E-state index contributed by atoms with van der Waals surface area (Å²) in [5.74, 6) is -2.40. The molecule has 20 heavy (non-hydrogen) atoms. The van der Waals surface area contributed by atoms with Crippen molar-refractivity contribution in [3.05, 3.63) is 0 Å². The first-order valence-electron chi connectivity index (χ1n) is 6.90. The van der Waals surface area contributed by atoms with E-state index < -0.39 is 23.2 Å². The number of amides is 1. The molecule has 0 bridgehead atoms. The summed E-state index contributed by atoms with van der Waals surface area (Å²) in [6, 6.07) is 0. The van der Waals surface area contributed by atoms with Gasteiger partial charge in [-0.25, -0.2) is 0 Å². The molecule has 0 spiro atoms. The van der Waals surface area contributed by atoms with E-state index in [1.165, 1.54) is 7.11 Å². The Bertz CT molecular complexity index is 437. The molecule has 0 unspecified atom stereocenters. The minimum atomic E-state index is -0.905. The number of piperidine rings is 1. The van der Waals surface area contributed by atoms with Crippen LogP contribution >= 0.6 is 0 Å². The van der Waals surface area contributed by atoms with Crippen LogP contribution in [0.5, 0.6) is 0 Å². The number of carbonyl (C=O) groups is 3. The average molecular weight is 283 g/mol. The molecule has 0 aromatic heterocycles. The molecule has 1 aliphatic heterocycles. The standard InChI is InChI=1S/C14H21NO5/c1-14(2)9(10(14)12(17)18)11(16)15-6-4-8(5-7-15)13(19)20-3/h8-10H,4-7H2,1-3H3,(H,17,18)/t9-,10+/m1/s1. The number of aliphatic carboxylic acids is 1. The van der Waals surface area contributed by atoms with Crippen LogP contribution in [0, 0.1) is 23.2 Å². The van der Waals surface area contributed by atoms with Crippen LogP contribution in [0.25, 0.3) is 0 Å². The summed E-state index contributed by atoms with van der Waals surface area (Å²) in [5, 5.41) is 9.12. The third-order valence-electron chi connectivity index (χ3n) is 4.70. The van der Waals surface area contributed by atoms with Crippen molar-refractivity contribution >= 4 is 17.8 Å². The van der Waals surface area contributed by atoms with Gasteiger partial charge in [-0.05, 0) is 18.3 Å². The zero-order valence-corrected chi connectivity index (χ0v) is 12.1. The number of methoxy groups -OCH3 is 1. The van der Waals surface area contributed by atoms with E-state index in [-0.39, 0.29) is 17.8 Å². The molecule has 2 aliphatic rings. The van der Waals surface area contributed by atoms with E-state index in [1.54, 1.807) is 4.90 Å². The normalized spacial score (nSPS) is 28.9. The van der Waals surface area contributed by atoms with Crippen molar-refractivity contribution in [2.45, 2.75) is 26.7 Å². The first-order valence-corrected chi connectivity index (χ1v) is 6.90. The molecule has 2 rings (SSSR count). The lowest BCUT2D eigenvalue weighted by atomic mass is 9.96. The van der Waals surface area contributed by atoms with Crippen LogP contribution in [0.1, 0.15) is 26.7 Å². The number of esters is 1. The summed E-state index contributed by atoms with van der Waals surface area (Å²) in [5.41, 5.74) is -0.470. The maximum absolute atomic E-state index is 12.4. The number of likely N-dealkylation sites (tertiary alicyclic amines) is 1. The Labute approximate surface area is 118 Å². The second kappa shape index (κ2) is 5.07. The van der Waals surface area contributed by atoms with Crippen molar-refractivity contribution in [1.29, 1.82) is 0 Å². The SMILES string of the molecule is COC(=O)C1CCN(C(=O)[C@H]2[C@@H](C(=O)O)C2(C)C)CC1. The molecule has 1 heterocycles. The van der Waals surface area contributed by atoms with Crippen molar-refractivity contribution < 1.29 is 24.2 Å². The van der Waals surface area contributed by atoms with E-state index in [2.05, 4.69) is 0 Å². The Kier molecular flexibility index (Phi) is 3.75. The molecular weight excluding hydrogens is 262 g/mol. The molecule has 0 aromatic rings. The van der Waals surface area contributed by atoms with Gasteiger partial charge in [0.15, 0.2) is 0 Å². The van der Waals surface area contributed by atoms with E-state index in [0.717, 1.165) is 0 Å². The van der Waals surface area contributed by atoms with Crippen molar-refractivity contribution in [1.82, 2.24) is 4.90 Å². The lowest BCUT2D eigenvalue weighted by Gasteiger charge is -2.31. The summed E-state index contributed by atoms with van der Waals surface area (Å²) in [7, 11) is 1.37. The summed E-state index contributed by atoms with van der Waals surface area (Å²) in [6.45, 7) is 4.63. The fourth-order valence-corrected chi connectivity index (χ4v) is 3.26. The number of hydrogen-bond donors (Lipinski definition) is 1. The van der Waals surface area contributed by atoms with Gasteiger partial charge in [0.05, 0.1) is 24.9 Å². The molecule has 2 fully saturated rings. The number of nitrogens with zero attached hydrogens (tertiary/aromatic N) is 1. The van der Waals surface area contributed by atoms with Crippen LogP contribution in [-0.4, -0.2) is 48.1 Å². The van der Waals surface area contributed by atoms with Crippen LogP contribution in [0.4, 0.5) is 0 Å². The van der Waals surface area contributed by atoms with Crippen molar-refractivity contribution in [2.24, 2.45) is 23.2 Å². The van der Waals surface area contributed by atoms with Gasteiger partial charge in [-0.3, -0.25) is 14.4 Å². The van der Waals surface area contributed by atoms with Crippen LogP contribution in [0.15, 0.2) is 0 Å². The summed E-state index contributed by atoms with van der Waals surface area (Å²) in [6.07, 6.45) is 1.17. The van der Waals surface area contributed by atoms with Gasteiger partial charge in [-0.2, -0.15) is 0 Å². The minimum absolute atomic E-state index is 0.0919. The third kappa shape index (κ3) is 2.39. The number of ether oxygens (including phenoxy) is 1. The highest BCUT2D eigenvalue weighted by Crippen LogP contribution is 2.59. The van der Waals surface area contributed by atoms with Crippen molar-refractivity contribution in [2.75, 3.05) is 20.2 Å². The number of carbonyl (C=O) groups excluding carboxylic acids is 2. The Morgan fingerprint density at radius 2 is 1.70 bits per heavy atom. The number of carboxylic acid groups (broad SMARTS) is 1.